The molecule has 3 amide bonds. The molecule has 0 radical (unpaired) electrons. The topological polar surface area (TPSA) is 113 Å². The maximum atomic E-state index is 12.1. The average molecular weight is 340 g/mol. The molecule has 0 saturated heterocycles. The highest BCUT2D eigenvalue weighted by Crippen LogP contribution is 2.16. The third-order valence-corrected chi connectivity index (χ3v) is 3.15. The molecule has 0 aliphatic carbocycles. The predicted molar refractivity (Wildman–Crippen MR) is 94.7 cm³/mol. The molecule has 8 nitrogen and oxygen atoms in total. The van der Waals surface area contributed by atoms with Gasteiger partial charge in [-0.05, 0) is 36.4 Å². The number of rotatable bonds is 6. The number of carbonyl (C=O) groups excluding carboxylic acids is 2. The van der Waals surface area contributed by atoms with Crippen LogP contribution in [0.25, 0.3) is 0 Å². The van der Waals surface area contributed by atoms with Gasteiger partial charge in [-0.3, -0.25) is 14.9 Å². The molecule has 0 aliphatic rings. The Bertz CT molecular complexity index is 785. The van der Waals surface area contributed by atoms with Crippen LogP contribution in [-0.4, -0.2) is 23.4 Å². The van der Waals surface area contributed by atoms with Crippen molar-refractivity contribution in [2.24, 2.45) is 0 Å². The van der Waals surface area contributed by atoms with E-state index < -0.39 is 4.92 Å². The van der Waals surface area contributed by atoms with E-state index in [4.69, 9.17) is 0 Å². The van der Waals surface area contributed by atoms with E-state index in [1.165, 1.54) is 24.3 Å². The number of nitro groups is 1. The summed E-state index contributed by atoms with van der Waals surface area (Å²) in [6.07, 6.45) is 1.57. The third kappa shape index (κ3) is 5.17. The van der Waals surface area contributed by atoms with E-state index in [1.54, 1.807) is 30.3 Å². The number of urea groups is 1. The lowest BCUT2D eigenvalue weighted by Gasteiger charge is -2.08. The predicted octanol–water partition coefficient (Wildman–Crippen LogP) is 3.15. The first-order valence-electron chi connectivity index (χ1n) is 7.31. The lowest BCUT2D eigenvalue weighted by molar-refractivity contribution is -0.384. The lowest BCUT2D eigenvalue weighted by atomic mass is 10.2. The van der Waals surface area contributed by atoms with Gasteiger partial charge in [-0.15, -0.1) is 6.58 Å². The first kappa shape index (κ1) is 17.7. The standard InChI is InChI=1S/C17H16N4O4/c1-2-11-18-17(23)20-14-7-5-13(6-8-14)19-16(22)12-3-9-15(10-4-12)21(24)25/h2-10H,1,11H2,(H,19,22)(H2,18,20,23). The minimum absolute atomic E-state index is 0.0818. The molecule has 0 unspecified atom stereocenters. The van der Waals surface area contributed by atoms with Crippen LogP contribution >= 0.6 is 0 Å². The normalized spacial score (nSPS) is 9.76. The molecule has 0 bridgehead atoms. The molecule has 25 heavy (non-hydrogen) atoms. The maximum Gasteiger partial charge on any atom is 0.319 e. The van der Waals surface area contributed by atoms with Gasteiger partial charge in [0.15, 0.2) is 0 Å². The van der Waals surface area contributed by atoms with Crippen molar-refractivity contribution < 1.29 is 14.5 Å². The van der Waals surface area contributed by atoms with Gasteiger partial charge in [0.2, 0.25) is 0 Å². The Morgan fingerprint density at radius 2 is 1.56 bits per heavy atom. The second kappa shape index (κ2) is 8.25. The van der Waals surface area contributed by atoms with Crippen molar-refractivity contribution in [2.75, 3.05) is 17.2 Å². The summed E-state index contributed by atoms with van der Waals surface area (Å²) in [5, 5.41) is 18.5. The molecule has 128 valence electrons. The number of benzene rings is 2. The summed E-state index contributed by atoms with van der Waals surface area (Å²) in [5.74, 6) is -0.390. The second-order valence-corrected chi connectivity index (χ2v) is 4.96. The van der Waals surface area contributed by atoms with Gasteiger partial charge in [0.05, 0.1) is 4.92 Å². The number of non-ortho nitro benzene ring substituents is 1. The van der Waals surface area contributed by atoms with Gasteiger partial charge >= 0.3 is 6.03 Å². The highest BCUT2D eigenvalue weighted by Gasteiger charge is 2.10. The van der Waals surface area contributed by atoms with E-state index in [0.717, 1.165) is 0 Å². The van der Waals surface area contributed by atoms with Crippen molar-refractivity contribution in [3.05, 3.63) is 76.9 Å². The van der Waals surface area contributed by atoms with Crippen molar-refractivity contribution in [1.29, 1.82) is 0 Å². The van der Waals surface area contributed by atoms with Crippen molar-refractivity contribution in [2.45, 2.75) is 0 Å². The fourth-order valence-corrected chi connectivity index (χ4v) is 1.91. The van der Waals surface area contributed by atoms with Crippen LogP contribution in [0.4, 0.5) is 21.9 Å². The Morgan fingerprint density at radius 3 is 2.08 bits per heavy atom. The molecule has 0 aliphatic heterocycles. The van der Waals surface area contributed by atoms with Gasteiger partial charge in [0, 0.05) is 35.6 Å². The van der Waals surface area contributed by atoms with Crippen LogP contribution in [0.2, 0.25) is 0 Å². The van der Waals surface area contributed by atoms with Crippen LogP contribution in [0, 0.1) is 10.1 Å². The summed E-state index contributed by atoms with van der Waals surface area (Å²) < 4.78 is 0. The Labute approximate surface area is 143 Å². The van der Waals surface area contributed by atoms with Gasteiger partial charge in [0.1, 0.15) is 0 Å². The van der Waals surface area contributed by atoms with Crippen molar-refractivity contribution >= 4 is 29.0 Å². The molecule has 0 atom stereocenters. The van der Waals surface area contributed by atoms with Crippen LogP contribution in [0.1, 0.15) is 10.4 Å². The molecule has 8 heteroatoms. The quantitative estimate of drug-likeness (QED) is 0.426. The minimum Gasteiger partial charge on any atom is -0.334 e. The highest BCUT2D eigenvalue weighted by molar-refractivity contribution is 6.04. The van der Waals surface area contributed by atoms with Crippen molar-refractivity contribution in [3.8, 4) is 0 Å². The molecule has 0 aromatic heterocycles. The van der Waals surface area contributed by atoms with Gasteiger partial charge in [-0.25, -0.2) is 4.79 Å². The van der Waals surface area contributed by atoms with Crippen LogP contribution in [0.3, 0.4) is 0 Å². The number of nitro benzene ring substituents is 1. The fourth-order valence-electron chi connectivity index (χ4n) is 1.91. The number of nitrogens with zero attached hydrogens (tertiary/aromatic N) is 1. The molecule has 0 heterocycles. The third-order valence-electron chi connectivity index (χ3n) is 3.15. The van der Waals surface area contributed by atoms with Crippen LogP contribution in [0.15, 0.2) is 61.2 Å². The van der Waals surface area contributed by atoms with Gasteiger partial charge in [0.25, 0.3) is 11.6 Å². The largest absolute Gasteiger partial charge is 0.334 e. The molecule has 0 spiro atoms. The number of anilines is 2. The lowest BCUT2D eigenvalue weighted by Crippen LogP contribution is -2.28. The first-order chi connectivity index (χ1) is 12.0. The first-order valence-corrected chi connectivity index (χ1v) is 7.31. The number of hydrogen-bond donors (Lipinski definition) is 3. The number of carbonyl (C=O) groups is 2. The summed E-state index contributed by atoms with van der Waals surface area (Å²) in [6, 6.07) is 11.5. The Kier molecular flexibility index (Phi) is 5.83. The summed E-state index contributed by atoms with van der Waals surface area (Å²) in [7, 11) is 0. The van der Waals surface area contributed by atoms with Crippen LogP contribution in [-0.2, 0) is 0 Å². The van der Waals surface area contributed by atoms with E-state index >= 15 is 0 Å². The molecule has 2 aromatic rings. The molecule has 2 aromatic carbocycles. The smallest absolute Gasteiger partial charge is 0.319 e. The zero-order chi connectivity index (χ0) is 18.2. The van der Waals surface area contributed by atoms with E-state index in [2.05, 4.69) is 22.5 Å². The summed E-state index contributed by atoms with van der Waals surface area (Å²) in [5.41, 5.74) is 1.31. The monoisotopic (exact) mass is 340 g/mol. The molecule has 0 fully saturated rings. The summed E-state index contributed by atoms with van der Waals surface area (Å²) >= 11 is 0. The molecule has 2 rings (SSSR count). The van der Waals surface area contributed by atoms with Gasteiger partial charge in [-0.2, -0.15) is 0 Å². The SMILES string of the molecule is C=CCNC(=O)Nc1ccc(NC(=O)c2ccc([N+](=O)[O-])cc2)cc1. The fraction of sp³-hybridized carbons (Fsp3) is 0.0588. The zero-order valence-electron chi connectivity index (χ0n) is 13.2. The van der Waals surface area contributed by atoms with E-state index in [-0.39, 0.29) is 17.6 Å². The maximum absolute atomic E-state index is 12.1. The second-order valence-electron chi connectivity index (χ2n) is 4.96. The molecule has 3 N–H and O–H groups in total. The van der Waals surface area contributed by atoms with E-state index in [9.17, 15) is 19.7 Å². The van der Waals surface area contributed by atoms with Gasteiger partial charge < -0.3 is 16.0 Å². The van der Waals surface area contributed by atoms with Crippen molar-refractivity contribution in [3.63, 3.8) is 0 Å². The number of amides is 3. The zero-order valence-corrected chi connectivity index (χ0v) is 13.2. The van der Waals surface area contributed by atoms with Crippen molar-refractivity contribution in [1.82, 2.24) is 5.32 Å². The van der Waals surface area contributed by atoms with E-state index in [0.29, 0.717) is 23.5 Å². The highest BCUT2D eigenvalue weighted by atomic mass is 16.6. The summed E-state index contributed by atoms with van der Waals surface area (Å²) in [4.78, 5) is 33.7. The molecular weight excluding hydrogens is 324 g/mol. The molecule has 0 saturated carbocycles. The number of nitrogens with one attached hydrogen (secondary N) is 3. The van der Waals surface area contributed by atoms with Crippen LogP contribution in [0.5, 0.6) is 0 Å². The van der Waals surface area contributed by atoms with Crippen LogP contribution < -0.4 is 16.0 Å². The summed E-state index contributed by atoms with van der Waals surface area (Å²) in [6.45, 7) is 3.86. The van der Waals surface area contributed by atoms with Gasteiger partial charge in [-0.1, -0.05) is 6.08 Å². The minimum atomic E-state index is -0.529. The Balaban J connectivity index is 1.96. The number of hydrogen-bond acceptors (Lipinski definition) is 4. The Morgan fingerprint density at radius 1 is 1.00 bits per heavy atom. The molecular formula is C17H16N4O4. The Hall–Kier alpha value is -3.68. The van der Waals surface area contributed by atoms with E-state index in [1.807, 2.05) is 0 Å². The average Bonchev–Trinajstić information content (AvgIpc) is 2.61.